The van der Waals surface area contributed by atoms with Crippen molar-refractivity contribution in [3.05, 3.63) is 83.2 Å². The third-order valence-corrected chi connectivity index (χ3v) is 3.70. The average molecular weight is 343 g/mol. The molecule has 0 fully saturated rings. The van der Waals surface area contributed by atoms with Gasteiger partial charge < -0.3 is 10.6 Å². The van der Waals surface area contributed by atoms with Gasteiger partial charge in [0, 0.05) is 24.6 Å². The molecule has 0 saturated heterocycles. The Hall–Kier alpha value is -3.72. The van der Waals surface area contributed by atoms with Crippen LogP contribution in [0.3, 0.4) is 0 Å². The highest BCUT2D eigenvalue weighted by Gasteiger charge is 2.08. The first-order valence-electron chi connectivity index (χ1n) is 8.07. The third kappa shape index (κ3) is 4.42. The van der Waals surface area contributed by atoms with E-state index in [1.165, 1.54) is 18.0 Å². The molecule has 1 amide bonds. The van der Waals surface area contributed by atoms with Gasteiger partial charge in [-0.1, -0.05) is 35.9 Å². The number of aromatic nitrogens is 2. The monoisotopic (exact) mass is 343 g/mol. The minimum Gasteiger partial charge on any atom is -0.350 e. The molecule has 2 N–H and O–H groups in total. The summed E-state index contributed by atoms with van der Waals surface area (Å²) in [5, 5.41) is 14.8. The fourth-order valence-electron chi connectivity index (χ4n) is 2.41. The second-order valence-corrected chi connectivity index (χ2v) is 5.78. The Morgan fingerprint density at radius 2 is 1.88 bits per heavy atom. The molecule has 0 aliphatic rings. The Labute approximate surface area is 151 Å². The second kappa shape index (κ2) is 7.90. The van der Waals surface area contributed by atoms with Gasteiger partial charge in [0.15, 0.2) is 0 Å². The summed E-state index contributed by atoms with van der Waals surface area (Å²) >= 11 is 0. The van der Waals surface area contributed by atoms with Gasteiger partial charge in [0.05, 0.1) is 17.2 Å². The zero-order valence-electron chi connectivity index (χ0n) is 14.2. The van der Waals surface area contributed by atoms with Crippen LogP contribution in [0.2, 0.25) is 0 Å². The molecule has 6 heteroatoms. The van der Waals surface area contributed by atoms with E-state index in [9.17, 15) is 4.79 Å². The van der Waals surface area contributed by atoms with Gasteiger partial charge in [0.1, 0.15) is 0 Å². The molecule has 1 heterocycles. The molecule has 0 saturated carbocycles. The van der Waals surface area contributed by atoms with Gasteiger partial charge in [-0.3, -0.25) is 4.79 Å². The maximum Gasteiger partial charge on any atom is 0.258 e. The van der Waals surface area contributed by atoms with Crippen LogP contribution in [0.15, 0.2) is 60.9 Å². The lowest BCUT2D eigenvalue weighted by atomic mass is 10.1. The average Bonchev–Trinajstić information content (AvgIpc) is 2.67. The molecule has 6 nitrogen and oxygen atoms in total. The number of carbonyl (C=O) groups is 1. The van der Waals surface area contributed by atoms with Crippen LogP contribution in [0.25, 0.3) is 0 Å². The van der Waals surface area contributed by atoms with E-state index in [-0.39, 0.29) is 5.91 Å². The zero-order valence-corrected chi connectivity index (χ0v) is 14.2. The number of nitrogens with zero attached hydrogens (tertiary/aromatic N) is 3. The van der Waals surface area contributed by atoms with Crippen molar-refractivity contribution < 1.29 is 4.79 Å². The van der Waals surface area contributed by atoms with Crippen LogP contribution < -0.4 is 10.6 Å². The van der Waals surface area contributed by atoms with Gasteiger partial charge in [0.25, 0.3) is 5.91 Å². The molecule has 1 aromatic heterocycles. The molecule has 0 atom stereocenters. The molecule has 0 radical (unpaired) electrons. The summed E-state index contributed by atoms with van der Waals surface area (Å²) in [4.78, 5) is 20.6. The summed E-state index contributed by atoms with van der Waals surface area (Å²) in [7, 11) is 0. The summed E-state index contributed by atoms with van der Waals surface area (Å²) < 4.78 is 0. The number of nitrogens with one attached hydrogen (secondary N) is 2. The van der Waals surface area contributed by atoms with Crippen molar-refractivity contribution >= 4 is 17.5 Å². The number of aryl methyl sites for hydroxylation is 1. The molecule has 2 aromatic carbocycles. The van der Waals surface area contributed by atoms with Crippen molar-refractivity contribution in [2.24, 2.45) is 0 Å². The maximum absolute atomic E-state index is 12.2. The van der Waals surface area contributed by atoms with Crippen LogP contribution in [0.1, 0.15) is 27.0 Å². The van der Waals surface area contributed by atoms with Crippen LogP contribution in [-0.2, 0) is 6.54 Å². The highest BCUT2D eigenvalue weighted by atomic mass is 16.1. The van der Waals surface area contributed by atoms with Crippen molar-refractivity contribution in [2.75, 3.05) is 10.6 Å². The molecule has 0 aliphatic heterocycles. The number of nitriles is 1. The Kier molecular flexibility index (Phi) is 5.20. The fourth-order valence-corrected chi connectivity index (χ4v) is 2.41. The number of anilines is 2. The van der Waals surface area contributed by atoms with Crippen LogP contribution >= 0.6 is 0 Å². The fraction of sp³-hybridized carbons (Fsp3) is 0.100. The van der Waals surface area contributed by atoms with Crippen molar-refractivity contribution in [1.82, 2.24) is 9.97 Å². The topological polar surface area (TPSA) is 90.7 Å². The molecule has 0 spiro atoms. The van der Waals surface area contributed by atoms with Crippen LogP contribution in [0.5, 0.6) is 0 Å². The van der Waals surface area contributed by atoms with Crippen molar-refractivity contribution in [3.63, 3.8) is 0 Å². The van der Waals surface area contributed by atoms with Crippen molar-refractivity contribution in [1.29, 1.82) is 5.26 Å². The quantitative estimate of drug-likeness (QED) is 0.739. The van der Waals surface area contributed by atoms with Crippen LogP contribution in [-0.4, -0.2) is 15.9 Å². The van der Waals surface area contributed by atoms with E-state index in [4.69, 9.17) is 5.26 Å². The predicted molar refractivity (Wildman–Crippen MR) is 99.6 cm³/mol. The predicted octanol–water partition coefficient (Wildman–Crippen LogP) is 3.52. The number of rotatable bonds is 5. The number of amides is 1. The smallest absolute Gasteiger partial charge is 0.258 e. The summed E-state index contributed by atoms with van der Waals surface area (Å²) in [5.41, 5.74) is 3.70. The van der Waals surface area contributed by atoms with Gasteiger partial charge >= 0.3 is 0 Å². The van der Waals surface area contributed by atoms with E-state index in [0.717, 1.165) is 5.56 Å². The molecule has 0 unspecified atom stereocenters. The molecule has 128 valence electrons. The van der Waals surface area contributed by atoms with Crippen molar-refractivity contribution in [2.45, 2.75) is 13.5 Å². The van der Waals surface area contributed by atoms with Crippen LogP contribution in [0.4, 0.5) is 11.6 Å². The molecule has 0 aliphatic carbocycles. The molecule has 26 heavy (non-hydrogen) atoms. The molecule has 3 rings (SSSR count). The normalized spacial score (nSPS) is 10.0. The minimum absolute atomic E-state index is 0.328. The number of carbonyl (C=O) groups excluding carboxylic acids is 1. The minimum atomic E-state index is -0.328. The highest BCUT2D eigenvalue weighted by molar-refractivity contribution is 6.03. The summed E-state index contributed by atoms with van der Waals surface area (Å²) in [6, 6.07) is 16.9. The first-order chi connectivity index (χ1) is 12.6. The van der Waals surface area contributed by atoms with Crippen LogP contribution in [0, 0.1) is 18.3 Å². The first kappa shape index (κ1) is 17.1. The summed E-state index contributed by atoms with van der Waals surface area (Å²) in [6.07, 6.45) is 2.93. The molecular weight excluding hydrogens is 326 g/mol. The largest absolute Gasteiger partial charge is 0.350 e. The Morgan fingerprint density at radius 1 is 1.12 bits per heavy atom. The van der Waals surface area contributed by atoms with E-state index < -0.39 is 0 Å². The van der Waals surface area contributed by atoms with E-state index in [1.807, 2.05) is 31.2 Å². The molecule has 3 aromatic rings. The van der Waals surface area contributed by atoms with E-state index >= 15 is 0 Å². The lowest BCUT2D eigenvalue weighted by Crippen LogP contribution is -2.13. The molecule has 0 bridgehead atoms. The second-order valence-electron chi connectivity index (χ2n) is 5.78. The van der Waals surface area contributed by atoms with Gasteiger partial charge in [-0.05, 0) is 30.7 Å². The Morgan fingerprint density at radius 3 is 2.62 bits per heavy atom. The number of hydrogen-bond donors (Lipinski definition) is 2. The van der Waals surface area contributed by atoms with Crippen molar-refractivity contribution in [3.8, 4) is 6.07 Å². The SMILES string of the molecule is Cc1cccc(CNc2ncc(C(=O)Nc3cccc(C#N)c3)cn2)c1. The highest BCUT2D eigenvalue weighted by Crippen LogP contribution is 2.12. The lowest BCUT2D eigenvalue weighted by molar-refractivity contribution is 0.102. The Bertz CT molecular complexity index is 960. The lowest BCUT2D eigenvalue weighted by Gasteiger charge is -2.07. The van der Waals surface area contributed by atoms with Gasteiger partial charge in [-0.25, -0.2) is 9.97 Å². The van der Waals surface area contributed by atoms with Gasteiger partial charge in [-0.15, -0.1) is 0 Å². The molecular formula is C20H17N5O. The standard InChI is InChI=1S/C20H17N5O/c1-14-4-2-6-16(8-14)11-22-20-23-12-17(13-24-20)19(26)25-18-7-3-5-15(9-18)10-21/h2-9,12-13H,11H2,1H3,(H,25,26)(H,22,23,24). The zero-order chi connectivity index (χ0) is 18.4. The summed E-state index contributed by atoms with van der Waals surface area (Å²) in [6.45, 7) is 2.65. The maximum atomic E-state index is 12.2. The van der Waals surface area contributed by atoms with E-state index in [1.54, 1.807) is 24.3 Å². The first-order valence-corrected chi connectivity index (χ1v) is 8.07. The third-order valence-electron chi connectivity index (χ3n) is 3.70. The number of hydrogen-bond acceptors (Lipinski definition) is 5. The van der Waals surface area contributed by atoms with E-state index in [2.05, 4.69) is 26.7 Å². The number of benzene rings is 2. The van der Waals surface area contributed by atoms with E-state index in [0.29, 0.717) is 29.3 Å². The Balaban J connectivity index is 1.61. The van der Waals surface area contributed by atoms with Gasteiger partial charge in [-0.2, -0.15) is 5.26 Å². The summed E-state index contributed by atoms with van der Waals surface area (Å²) in [5.74, 6) is 0.125. The van der Waals surface area contributed by atoms with Gasteiger partial charge in [0.2, 0.25) is 5.95 Å².